The third-order valence-corrected chi connectivity index (χ3v) is 5.36. The summed E-state index contributed by atoms with van der Waals surface area (Å²) in [4.78, 5) is 28.2. The van der Waals surface area contributed by atoms with E-state index < -0.39 is 0 Å². The molecule has 0 aliphatic carbocycles. The molecule has 1 aromatic carbocycles. The van der Waals surface area contributed by atoms with Crippen LogP contribution in [0, 0.1) is 0 Å². The molecule has 0 saturated carbocycles. The summed E-state index contributed by atoms with van der Waals surface area (Å²) in [6, 6.07) is 9.57. The number of carbonyl (C=O) groups is 2. The second kappa shape index (κ2) is 7.53. The third-order valence-electron chi connectivity index (χ3n) is 2.63. The molecule has 0 spiro atoms. The fraction of sp³-hybridized carbons (Fsp3) is 0.0714. The lowest BCUT2D eigenvalue weighted by molar-refractivity contribution is -0.114. The van der Waals surface area contributed by atoms with Gasteiger partial charge in [-0.25, -0.2) is 0 Å². The SMILES string of the molecule is O=C(CSC1=NC(=O)/C(=C/c2ccccc2)S1)Nc1nncs1. The van der Waals surface area contributed by atoms with Crippen molar-refractivity contribution in [1.82, 2.24) is 10.2 Å². The van der Waals surface area contributed by atoms with E-state index in [-0.39, 0.29) is 17.6 Å². The fourth-order valence-corrected chi connectivity index (χ4v) is 3.92. The van der Waals surface area contributed by atoms with Crippen LogP contribution in [0.5, 0.6) is 0 Å². The summed E-state index contributed by atoms with van der Waals surface area (Å²) in [5.74, 6) is -0.314. The normalized spacial score (nSPS) is 15.7. The Morgan fingerprint density at radius 2 is 2.13 bits per heavy atom. The van der Waals surface area contributed by atoms with Crippen molar-refractivity contribution in [2.45, 2.75) is 0 Å². The molecule has 3 rings (SSSR count). The van der Waals surface area contributed by atoms with Gasteiger partial charge in [-0.05, 0) is 11.6 Å². The Labute approximate surface area is 144 Å². The zero-order valence-corrected chi connectivity index (χ0v) is 14.1. The number of nitrogens with one attached hydrogen (secondary N) is 1. The van der Waals surface area contributed by atoms with Gasteiger partial charge in [0.05, 0.1) is 10.7 Å². The van der Waals surface area contributed by atoms with E-state index in [0.717, 1.165) is 5.56 Å². The summed E-state index contributed by atoms with van der Waals surface area (Å²) in [5, 5.41) is 10.5. The molecule has 23 heavy (non-hydrogen) atoms. The van der Waals surface area contributed by atoms with Gasteiger partial charge in [0.25, 0.3) is 5.91 Å². The Morgan fingerprint density at radius 3 is 2.87 bits per heavy atom. The first-order chi connectivity index (χ1) is 11.2. The maximum absolute atomic E-state index is 11.9. The number of hydrogen-bond acceptors (Lipinski definition) is 7. The topological polar surface area (TPSA) is 84.3 Å². The van der Waals surface area contributed by atoms with E-state index in [1.165, 1.54) is 34.9 Å². The van der Waals surface area contributed by atoms with Gasteiger partial charge >= 0.3 is 0 Å². The maximum Gasteiger partial charge on any atom is 0.285 e. The first-order valence-electron chi connectivity index (χ1n) is 6.47. The van der Waals surface area contributed by atoms with Crippen molar-refractivity contribution in [2.75, 3.05) is 11.1 Å². The lowest BCUT2D eigenvalue weighted by Crippen LogP contribution is -2.14. The average molecular weight is 362 g/mol. The third kappa shape index (κ3) is 4.50. The van der Waals surface area contributed by atoms with Crippen molar-refractivity contribution in [3.8, 4) is 0 Å². The van der Waals surface area contributed by atoms with E-state index in [4.69, 9.17) is 0 Å². The number of benzene rings is 1. The van der Waals surface area contributed by atoms with Crippen molar-refractivity contribution in [3.63, 3.8) is 0 Å². The smallest absolute Gasteiger partial charge is 0.285 e. The molecule has 0 radical (unpaired) electrons. The Bertz CT molecular complexity index is 773. The lowest BCUT2D eigenvalue weighted by atomic mass is 10.2. The Kier molecular flexibility index (Phi) is 5.21. The van der Waals surface area contributed by atoms with Crippen LogP contribution in [-0.2, 0) is 9.59 Å². The molecule has 6 nitrogen and oxygen atoms in total. The van der Waals surface area contributed by atoms with Gasteiger partial charge in [-0.2, -0.15) is 4.99 Å². The monoisotopic (exact) mass is 362 g/mol. The van der Waals surface area contributed by atoms with Gasteiger partial charge in [0.15, 0.2) is 0 Å². The highest BCUT2D eigenvalue weighted by Crippen LogP contribution is 2.33. The van der Waals surface area contributed by atoms with Gasteiger partial charge in [-0.3, -0.25) is 14.9 Å². The van der Waals surface area contributed by atoms with Crippen molar-refractivity contribution in [1.29, 1.82) is 0 Å². The molecule has 1 aromatic heterocycles. The van der Waals surface area contributed by atoms with Crippen LogP contribution >= 0.6 is 34.9 Å². The van der Waals surface area contributed by atoms with Crippen LogP contribution < -0.4 is 5.32 Å². The molecular formula is C14H10N4O2S3. The number of rotatable bonds is 4. The van der Waals surface area contributed by atoms with Gasteiger partial charge in [0.1, 0.15) is 9.89 Å². The van der Waals surface area contributed by atoms with Gasteiger partial charge in [0.2, 0.25) is 11.0 Å². The minimum absolute atomic E-state index is 0.164. The van der Waals surface area contributed by atoms with Crippen LogP contribution in [0.15, 0.2) is 45.7 Å². The number of thioether (sulfide) groups is 2. The molecule has 0 fully saturated rings. The Balaban J connectivity index is 1.54. The summed E-state index contributed by atoms with van der Waals surface area (Å²) < 4.78 is 0.574. The van der Waals surface area contributed by atoms with Crippen LogP contribution in [0.25, 0.3) is 6.08 Å². The minimum atomic E-state index is -0.272. The highest BCUT2D eigenvalue weighted by atomic mass is 32.2. The van der Waals surface area contributed by atoms with E-state index in [1.807, 2.05) is 30.3 Å². The molecule has 1 aliphatic rings. The number of aromatic nitrogens is 2. The molecule has 2 aromatic rings. The van der Waals surface area contributed by atoms with E-state index in [0.29, 0.717) is 14.4 Å². The molecule has 0 atom stereocenters. The fourth-order valence-electron chi connectivity index (χ4n) is 1.66. The lowest BCUT2D eigenvalue weighted by Gasteiger charge is -2.00. The number of anilines is 1. The molecule has 9 heteroatoms. The number of amides is 2. The van der Waals surface area contributed by atoms with Crippen LogP contribution in [0.1, 0.15) is 5.56 Å². The van der Waals surface area contributed by atoms with Crippen LogP contribution in [-0.4, -0.2) is 32.1 Å². The first-order valence-corrected chi connectivity index (χ1v) is 9.15. The van der Waals surface area contributed by atoms with Crippen LogP contribution in [0.2, 0.25) is 0 Å². The summed E-state index contributed by atoms with van der Waals surface area (Å²) in [5.41, 5.74) is 2.48. The van der Waals surface area contributed by atoms with Gasteiger partial charge in [-0.15, -0.1) is 10.2 Å². The first kappa shape index (κ1) is 15.9. The minimum Gasteiger partial charge on any atom is -0.300 e. The Morgan fingerprint density at radius 1 is 1.30 bits per heavy atom. The predicted octanol–water partition coefficient (Wildman–Crippen LogP) is 2.88. The molecule has 2 amide bonds. The van der Waals surface area contributed by atoms with Crippen LogP contribution in [0.3, 0.4) is 0 Å². The average Bonchev–Trinajstić information content (AvgIpc) is 3.17. The standard InChI is InChI=1S/C14H10N4O2S3/c19-11(16-13-18-15-8-22-13)7-21-14-17-12(20)10(23-14)6-9-4-2-1-3-5-9/h1-6,8H,7H2,(H,16,18,19)/b10-6-. The summed E-state index contributed by atoms with van der Waals surface area (Å²) in [6.45, 7) is 0. The number of hydrogen-bond donors (Lipinski definition) is 1. The molecule has 0 saturated heterocycles. The quantitative estimate of drug-likeness (QED) is 0.842. The largest absolute Gasteiger partial charge is 0.300 e. The van der Waals surface area contributed by atoms with E-state index in [1.54, 1.807) is 11.6 Å². The van der Waals surface area contributed by atoms with Gasteiger partial charge < -0.3 is 0 Å². The number of aliphatic imine (C=N–C) groups is 1. The van der Waals surface area contributed by atoms with E-state index in [2.05, 4.69) is 20.5 Å². The van der Waals surface area contributed by atoms with E-state index >= 15 is 0 Å². The second-order valence-electron chi connectivity index (χ2n) is 4.28. The van der Waals surface area contributed by atoms with Gasteiger partial charge in [0, 0.05) is 0 Å². The van der Waals surface area contributed by atoms with E-state index in [9.17, 15) is 9.59 Å². The molecule has 1 aliphatic heterocycles. The zero-order chi connectivity index (χ0) is 16.1. The predicted molar refractivity (Wildman–Crippen MR) is 95.4 cm³/mol. The molecule has 0 bridgehead atoms. The van der Waals surface area contributed by atoms with Crippen molar-refractivity contribution < 1.29 is 9.59 Å². The Hall–Kier alpha value is -1.97. The number of carbonyl (C=O) groups excluding carboxylic acids is 2. The molecule has 2 heterocycles. The summed E-state index contributed by atoms with van der Waals surface area (Å²) in [6.07, 6.45) is 1.80. The molecular weight excluding hydrogens is 352 g/mol. The molecule has 0 unspecified atom stereocenters. The van der Waals surface area contributed by atoms with Gasteiger partial charge in [-0.1, -0.05) is 65.2 Å². The summed E-state index contributed by atoms with van der Waals surface area (Å²) in [7, 11) is 0. The van der Waals surface area contributed by atoms with Crippen molar-refractivity contribution >= 4 is 62.3 Å². The summed E-state index contributed by atoms with van der Waals surface area (Å²) >= 11 is 3.76. The molecule has 1 N–H and O–H groups in total. The van der Waals surface area contributed by atoms with Crippen molar-refractivity contribution in [2.24, 2.45) is 4.99 Å². The highest BCUT2D eigenvalue weighted by molar-refractivity contribution is 8.41. The number of nitrogens with zero attached hydrogens (tertiary/aromatic N) is 3. The second-order valence-corrected chi connectivity index (χ2v) is 7.37. The highest BCUT2D eigenvalue weighted by Gasteiger charge is 2.22. The van der Waals surface area contributed by atoms with Crippen molar-refractivity contribution in [3.05, 3.63) is 46.3 Å². The molecule has 116 valence electrons. The van der Waals surface area contributed by atoms with Crippen LogP contribution in [0.4, 0.5) is 5.13 Å². The maximum atomic E-state index is 11.9. The zero-order valence-electron chi connectivity index (χ0n) is 11.6.